The van der Waals surface area contributed by atoms with E-state index < -0.39 is 6.04 Å². The molecule has 14 heavy (non-hydrogen) atoms. The molecule has 1 unspecified atom stereocenters. The molecule has 0 saturated heterocycles. The van der Waals surface area contributed by atoms with Gasteiger partial charge in [0.25, 0.3) is 0 Å². The van der Waals surface area contributed by atoms with Gasteiger partial charge in [-0.3, -0.25) is 9.59 Å². The van der Waals surface area contributed by atoms with Crippen molar-refractivity contribution in [2.45, 2.75) is 13.0 Å². The highest BCUT2D eigenvalue weighted by Gasteiger charge is 2.13. The molecule has 0 spiro atoms. The quantitative estimate of drug-likeness (QED) is 0.608. The zero-order chi connectivity index (χ0) is 10.6. The summed E-state index contributed by atoms with van der Waals surface area (Å²) in [4.78, 5) is 21.7. The largest absolute Gasteiger partial charge is 0.349 e. The van der Waals surface area contributed by atoms with Crippen molar-refractivity contribution in [3.8, 4) is 0 Å². The van der Waals surface area contributed by atoms with Gasteiger partial charge >= 0.3 is 0 Å². The van der Waals surface area contributed by atoms with Gasteiger partial charge in [0.2, 0.25) is 6.41 Å². The molecule has 0 bridgehead atoms. The highest BCUT2D eigenvalue weighted by Crippen LogP contribution is 2.10. The Morgan fingerprint density at radius 2 is 2.00 bits per heavy atom. The maximum absolute atomic E-state index is 11.6. The maximum atomic E-state index is 11.6. The molecule has 0 aliphatic heterocycles. The molecule has 1 amide bonds. The number of nitrogens with one attached hydrogen (secondary N) is 1. The molecule has 0 aliphatic carbocycles. The van der Waals surface area contributed by atoms with Crippen LogP contribution >= 0.6 is 11.6 Å². The van der Waals surface area contributed by atoms with E-state index in [2.05, 4.69) is 5.32 Å². The number of hydrogen-bond donors (Lipinski definition) is 1. The lowest BCUT2D eigenvalue weighted by Crippen LogP contribution is -2.32. The summed E-state index contributed by atoms with van der Waals surface area (Å²) in [5, 5.41) is 2.98. The molecule has 0 aromatic heterocycles. The SMILES string of the molecule is CC(NC=O)C(=O)c1ccc(Cl)cc1. The number of ketones is 1. The Morgan fingerprint density at radius 3 is 2.50 bits per heavy atom. The molecule has 4 heteroatoms. The van der Waals surface area contributed by atoms with Gasteiger partial charge in [-0.25, -0.2) is 0 Å². The lowest BCUT2D eigenvalue weighted by molar-refractivity contribution is -0.109. The number of carbonyl (C=O) groups is 2. The first-order valence-electron chi connectivity index (χ1n) is 4.14. The van der Waals surface area contributed by atoms with E-state index >= 15 is 0 Å². The molecule has 0 saturated carbocycles. The van der Waals surface area contributed by atoms with Crippen LogP contribution in [0.2, 0.25) is 5.02 Å². The zero-order valence-electron chi connectivity index (χ0n) is 7.66. The zero-order valence-corrected chi connectivity index (χ0v) is 8.41. The maximum Gasteiger partial charge on any atom is 0.207 e. The third-order valence-corrected chi connectivity index (χ3v) is 2.09. The smallest absolute Gasteiger partial charge is 0.207 e. The Morgan fingerprint density at radius 1 is 1.43 bits per heavy atom. The lowest BCUT2D eigenvalue weighted by atomic mass is 10.1. The molecule has 0 aliphatic rings. The van der Waals surface area contributed by atoms with E-state index in [1.807, 2.05) is 0 Å². The van der Waals surface area contributed by atoms with Crippen molar-refractivity contribution in [1.82, 2.24) is 5.32 Å². The van der Waals surface area contributed by atoms with Gasteiger partial charge in [0.05, 0.1) is 6.04 Å². The summed E-state index contributed by atoms with van der Waals surface area (Å²) in [6.07, 6.45) is 0.512. The van der Waals surface area contributed by atoms with Gasteiger partial charge in [0, 0.05) is 10.6 Å². The van der Waals surface area contributed by atoms with Crippen molar-refractivity contribution in [1.29, 1.82) is 0 Å². The normalized spacial score (nSPS) is 11.9. The van der Waals surface area contributed by atoms with Crippen molar-refractivity contribution < 1.29 is 9.59 Å². The van der Waals surface area contributed by atoms with E-state index in [1.54, 1.807) is 31.2 Å². The minimum Gasteiger partial charge on any atom is -0.349 e. The highest BCUT2D eigenvalue weighted by molar-refractivity contribution is 6.30. The second-order valence-corrected chi connectivity index (χ2v) is 3.31. The Balaban J connectivity index is 2.78. The Kier molecular flexibility index (Phi) is 3.65. The van der Waals surface area contributed by atoms with E-state index in [-0.39, 0.29) is 5.78 Å². The Bertz CT molecular complexity index is 334. The first-order valence-corrected chi connectivity index (χ1v) is 4.52. The number of carbonyl (C=O) groups excluding carboxylic acids is 2. The van der Waals surface area contributed by atoms with Crippen LogP contribution in [0, 0.1) is 0 Å². The molecule has 1 aromatic rings. The van der Waals surface area contributed by atoms with E-state index in [1.165, 1.54) is 0 Å². The first-order chi connectivity index (χ1) is 6.65. The van der Waals surface area contributed by atoms with Crippen LogP contribution in [-0.2, 0) is 4.79 Å². The molecule has 0 fully saturated rings. The number of halogens is 1. The Labute approximate surface area is 87.1 Å². The molecule has 0 radical (unpaired) electrons. The number of rotatable bonds is 4. The fraction of sp³-hybridized carbons (Fsp3) is 0.200. The molecule has 1 aromatic carbocycles. The third-order valence-electron chi connectivity index (χ3n) is 1.84. The second-order valence-electron chi connectivity index (χ2n) is 2.88. The van der Waals surface area contributed by atoms with Crippen molar-refractivity contribution in [2.24, 2.45) is 0 Å². The van der Waals surface area contributed by atoms with Crippen LogP contribution < -0.4 is 5.32 Å². The molecule has 3 nitrogen and oxygen atoms in total. The summed E-state index contributed by atoms with van der Waals surface area (Å²) < 4.78 is 0. The predicted octanol–water partition coefficient (Wildman–Crippen LogP) is 1.66. The number of benzene rings is 1. The van der Waals surface area contributed by atoms with Crippen LogP contribution in [0.1, 0.15) is 17.3 Å². The van der Waals surface area contributed by atoms with Gasteiger partial charge in [-0.1, -0.05) is 11.6 Å². The van der Waals surface area contributed by atoms with Crippen LogP contribution in [0.5, 0.6) is 0 Å². The fourth-order valence-electron chi connectivity index (χ4n) is 1.04. The van der Waals surface area contributed by atoms with Crippen molar-refractivity contribution in [3.63, 3.8) is 0 Å². The highest BCUT2D eigenvalue weighted by atomic mass is 35.5. The Hall–Kier alpha value is -1.35. The second kappa shape index (κ2) is 4.77. The van der Waals surface area contributed by atoms with Gasteiger partial charge in [0.1, 0.15) is 0 Å². The van der Waals surface area contributed by atoms with Crippen LogP contribution in [0.15, 0.2) is 24.3 Å². The van der Waals surface area contributed by atoms with Gasteiger partial charge in [-0.15, -0.1) is 0 Å². The fourth-order valence-corrected chi connectivity index (χ4v) is 1.17. The summed E-state index contributed by atoms with van der Waals surface area (Å²) in [5.41, 5.74) is 0.538. The topological polar surface area (TPSA) is 46.2 Å². The van der Waals surface area contributed by atoms with E-state index in [4.69, 9.17) is 11.6 Å². The minimum absolute atomic E-state index is 0.131. The van der Waals surface area contributed by atoms with Crippen LogP contribution in [0.4, 0.5) is 0 Å². The van der Waals surface area contributed by atoms with Gasteiger partial charge < -0.3 is 5.32 Å². The van der Waals surface area contributed by atoms with E-state index in [0.29, 0.717) is 17.0 Å². The molecule has 1 atom stereocenters. The van der Waals surface area contributed by atoms with Crippen LogP contribution in [0.3, 0.4) is 0 Å². The number of hydrogen-bond acceptors (Lipinski definition) is 2. The van der Waals surface area contributed by atoms with E-state index in [9.17, 15) is 9.59 Å². The summed E-state index contributed by atoms with van der Waals surface area (Å²) in [5.74, 6) is -0.131. The first kappa shape index (κ1) is 10.7. The monoisotopic (exact) mass is 211 g/mol. The van der Waals surface area contributed by atoms with Crippen LogP contribution in [-0.4, -0.2) is 18.2 Å². The molecular formula is C10H10ClNO2. The lowest BCUT2D eigenvalue weighted by Gasteiger charge is -2.08. The van der Waals surface area contributed by atoms with Crippen molar-refractivity contribution in [2.75, 3.05) is 0 Å². The average Bonchev–Trinajstić information content (AvgIpc) is 2.18. The molecule has 1 rings (SSSR count). The summed E-state index contributed by atoms with van der Waals surface area (Å²) >= 11 is 5.67. The van der Waals surface area contributed by atoms with Crippen molar-refractivity contribution >= 4 is 23.8 Å². The summed E-state index contributed by atoms with van der Waals surface area (Å²) in [6, 6.07) is 6.04. The van der Waals surface area contributed by atoms with Gasteiger partial charge in [-0.05, 0) is 31.2 Å². The summed E-state index contributed by atoms with van der Waals surface area (Å²) in [6.45, 7) is 1.63. The molecular weight excluding hydrogens is 202 g/mol. The average molecular weight is 212 g/mol. The molecule has 74 valence electrons. The molecule has 0 heterocycles. The third kappa shape index (κ3) is 2.57. The van der Waals surface area contributed by atoms with Crippen molar-refractivity contribution in [3.05, 3.63) is 34.9 Å². The summed E-state index contributed by atoms with van der Waals surface area (Å²) in [7, 11) is 0. The van der Waals surface area contributed by atoms with Crippen LogP contribution in [0.25, 0.3) is 0 Å². The van der Waals surface area contributed by atoms with Gasteiger partial charge in [0.15, 0.2) is 5.78 Å². The standard InChI is InChI=1S/C10H10ClNO2/c1-7(12-6-13)10(14)8-2-4-9(11)5-3-8/h2-7H,1H3,(H,12,13). The van der Waals surface area contributed by atoms with E-state index in [0.717, 1.165) is 0 Å². The van der Waals surface area contributed by atoms with Gasteiger partial charge in [-0.2, -0.15) is 0 Å². The predicted molar refractivity (Wildman–Crippen MR) is 54.4 cm³/mol. The number of Topliss-reactive ketones (excluding diaryl/α,β-unsaturated/α-hetero) is 1. The number of amides is 1. The molecule has 1 N–H and O–H groups in total. The minimum atomic E-state index is -0.506.